The molecule has 1 aliphatic rings. The molecule has 19 heavy (non-hydrogen) atoms. The van der Waals surface area contributed by atoms with Gasteiger partial charge < -0.3 is 10.0 Å². The third kappa shape index (κ3) is 2.37. The highest BCUT2D eigenvalue weighted by Gasteiger charge is 2.36. The topological polar surface area (TPSA) is 101 Å². The molecule has 1 amide bonds. The molecule has 1 aliphatic heterocycles. The largest absolute Gasteiger partial charge is 0.478 e. The number of alkyl halides is 1. The Bertz CT molecular complexity index is 542. The Morgan fingerprint density at radius 1 is 1.53 bits per heavy atom. The molecule has 1 aromatic rings. The first kappa shape index (κ1) is 13.3. The lowest BCUT2D eigenvalue weighted by molar-refractivity contribution is -0.384. The average molecular weight is 285 g/mol. The van der Waals surface area contributed by atoms with E-state index in [9.17, 15) is 19.7 Å². The number of hydrogen-bond acceptors (Lipinski definition) is 4. The summed E-state index contributed by atoms with van der Waals surface area (Å²) in [5.74, 6) is -1.75. The van der Waals surface area contributed by atoms with Crippen molar-refractivity contribution < 1.29 is 19.6 Å². The quantitative estimate of drug-likeness (QED) is 0.516. The van der Waals surface area contributed by atoms with Gasteiger partial charge in [-0.25, -0.2) is 4.79 Å². The molecule has 1 saturated heterocycles. The number of aromatic carboxylic acids is 1. The van der Waals surface area contributed by atoms with Crippen molar-refractivity contribution in [2.75, 3.05) is 11.4 Å². The highest BCUT2D eigenvalue weighted by Crippen LogP contribution is 2.35. The van der Waals surface area contributed by atoms with Gasteiger partial charge in [0.2, 0.25) is 5.91 Å². The van der Waals surface area contributed by atoms with Gasteiger partial charge in [0.05, 0.1) is 15.9 Å². The van der Waals surface area contributed by atoms with E-state index in [-0.39, 0.29) is 24.2 Å². The summed E-state index contributed by atoms with van der Waals surface area (Å²) in [7, 11) is 0. The van der Waals surface area contributed by atoms with Crippen LogP contribution >= 0.6 is 11.6 Å². The molecule has 8 heteroatoms. The number of para-hydroxylation sites is 1. The van der Waals surface area contributed by atoms with Gasteiger partial charge in [-0.15, -0.1) is 11.6 Å². The predicted octanol–water partition coefficient (Wildman–Crippen LogP) is 1.64. The molecule has 0 aliphatic carbocycles. The molecule has 0 aromatic heterocycles. The number of amides is 1. The monoisotopic (exact) mass is 284 g/mol. The Morgan fingerprint density at radius 3 is 2.68 bits per heavy atom. The van der Waals surface area contributed by atoms with Crippen LogP contribution in [-0.4, -0.2) is 33.8 Å². The lowest BCUT2D eigenvalue weighted by Gasteiger charge is -2.17. The molecule has 2 rings (SSSR count). The van der Waals surface area contributed by atoms with Crippen LogP contribution in [0.3, 0.4) is 0 Å². The Hall–Kier alpha value is -2.15. The van der Waals surface area contributed by atoms with Crippen LogP contribution in [-0.2, 0) is 4.79 Å². The summed E-state index contributed by atoms with van der Waals surface area (Å²) in [6.07, 6.45) is 0.0344. The third-order valence-corrected chi connectivity index (χ3v) is 3.08. The first-order valence-corrected chi connectivity index (χ1v) is 5.80. The second kappa shape index (κ2) is 4.85. The molecule has 0 bridgehead atoms. The predicted molar refractivity (Wildman–Crippen MR) is 66.7 cm³/mol. The number of benzene rings is 1. The van der Waals surface area contributed by atoms with E-state index < -0.39 is 27.9 Å². The number of carbonyl (C=O) groups excluding carboxylic acids is 1. The number of nitrogens with zero attached hydrogens (tertiary/aromatic N) is 2. The van der Waals surface area contributed by atoms with Crippen molar-refractivity contribution >= 4 is 34.9 Å². The number of halogens is 1. The summed E-state index contributed by atoms with van der Waals surface area (Å²) in [5.41, 5.74) is -0.902. The van der Waals surface area contributed by atoms with Gasteiger partial charge in [-0.05, 0) is 6.07 Å². The summed E-state index contributed by atoms with van der Waals surface area (Å²) in [6.45, 7) is 0.0610. The molecule has 0 spiro atoms. The molecule has 1 N–H and O–H groups in total. The van der Waals surface area contributed by atoms with Crippen molar-refractivity contribution in [1.29, 1.82) is 0 Å². The van der Waals surface area contributed by atoms with Crippen molar-refractivity contribution in [2.45, 2.75) is 11.8 Å². The number of hydrogen-bond donors (Lipinski definition) is 1. The summed E-state index contributed by atoms with van der Waals surface area (Å²) >= 11 is 5.84. The van der Waals surface area contributed by atoms with Crippen LogP contribution in [0.2, 0.25) is 0 Å². The third-order valence-electron chi connectivity index (χ3n) is 2.79. The van der Waals surface area contributed by atoms with Crippen molar-refractivity contribution in [1.82, 2.24) is 0 Å². The van der Waals surface area contributed by atoms with Gasteiger partial charge >= 0.3 is 5.97 Å². The van der Waals surface area contributed by atoms with Gasteiger partial charge in [-0.2, -0.15) is 0 Å². The molecule has 1 aromatic carbocycles. The maximum Gasteiger partial charge on any atom is 0.338 e. The number of rotatable bonds is 3. The van der Waals surface area contributed by atoms with Crippen molar-refractivity contribution in [2.24, 2.45) is 0 Å². The van der Waals surface area contributed by atoms with Crippen LogP contribution in [0.4, 0.5) is 11.4 Å². The second-order valence-electron chi connectivity index (χ2n) is 4.04. The minimum absolute atomic E-state index is 0.0344. The van der Waals surface area contributed by atoms with E-state index in [1.807, 2.05) is 0 Å². The molecule has 1 heterocycles. The van der Waals surface area contributed by atoms with Gasteiger partial charge in [-0.1, -0.05) is 6.07 Å². The maximum absolute atomic E-state index is 11.8. The summed E-state index contributed by atoms with van der Waals surface area (Å²) in [5, 5.41) is 19.6. The van der Waals surface area contributed by atoms with Crippen LogP contribution in [0.5, 0.6) is 0 Å². The van der Waals surface area contributed by atoms with E-state index in [1.165, 1.54) is 12.1 Å². The number of anilines is 1. The van der Waals surface area contributed by atoms with Crippen molar-refractivity contribution in [3.05, 3.63) is 33.9 Å². The molecule has 100 valence electrons. The van der Waals surface area contributed by atoms with Crippen LogP contribution in [0, 0.1) is 10.1 Å². The standard InChI is InChI=1S/C11H9ClN2O5/c12-6-4-9(15)13(5-6)10-7(11(16)17)2-1-3-8(10)14(18)19/h1-3,6H,4-5H2,(H,16,17). The van der Waals surface area contributed by atoms with Crippen LogP contribution in [0.1, 0.15) is 16.8 Å². The SMILES string of the molecule is O=C(O)c1cccc([N+](=O)[O-])c1N1CC(Cl)CC1=O. The molecule has 0 saturated carbocycles. The molecular weight excluding hydrogens is 276 g/mol. The van der Waals surface area contributed by atoms with Crippen LogP contribution in [0.15, 0.2) is 18.2 Å². The van der Waals surface area contributed by atoms with E-state index in [0.29, 0.717) is 0 Å². The van der Waals surface area contributed by atoms with Gasteiger partial charge in [0.25, 0.3) is 5.69 Å². The normalized spacial score (nSPS) is 18.7. The van der Waals surface area contributed by atoms with Crippen LogP contribution in [0.25, 0.3) is 0 Å². The number of carbonyl (C=O) groups is 2. The molecular formula is C11H9ClN2O5. The zero-order chi connectivity index (χ0) is 14.2. The minimum Gasteiger partial charge on any atom is -0.478 e. The maximum atomic E-state index is 11.8. The lowest BCUT2D eigenvalue weighted by atomic mass is 10.1. The second-order valence-corrected chi connectivity index (χ2v) is 4.66. The summed E-state index contributed by atoms with van der Waals surface area (Å²) in [4.78, 5) is 34.2. The smallest absolute Gasteiger partial charge is 0.338 e. The summed E-state index contributed by atoms with van der Waals surface area (Å²) in [6, 6.07) is 3.65. The molecule has 1 unspecified atom stereocenters. The molecule has 0 radical (unpaired) electrons. The zero-order valence-electron chi connectivity index (χ0n) is 9.58. The zero-order valence-corrected chi connectivity index (χ0v) is 10.3. The minimum atomic E-state index is -1.33. The van der Waals surface area contributed by atoms with Gasteiger partial charge in [0.1, 0.15) is 5.69 Å². The number of nitro groups is 1. The highest BCUT2D eigenvalue weighted by atomic mass is 35.5. The van der Waals surface area contributed by atoms with Gasteiger partial charge in [0.15, 0.2) is 0 Å². The molecule has 1 atom stereocenters. The van der Waals surface area contributed by atoms with Crippen molar-refractivity contribution in [3.63, 3.8) is 0 Å². The van der Waals surface area contributed by atoms with E-state index >= 15 is 0 Å². The van der Waals surface area contributed by atoms with E-state index in [4.69, 9.17) is 16.7 Å². The Labute approximate surface area is 112 Å². The number of nitro benzene ring substituents is 1. The fraction of sp³-hybridized carbons (Fsp3) is 0.273. The first-order valence-electron chi connectivity index (χ1n) is 5.37. The fourth-order valence-corrected chi connectivity index (χ4v) is 2.29. The van der Waals surface area contributed by atoms with Gasteiger partial charge in [0, 0.05) is 19.0 Å². The average Bonchev–Trinajstić information content (AvgIpc) is 2.67. The van der Waals surface area contributed by atoms with E-state index in [2.05, 4.69) is 0 Å². The molecule has 7 nitrogen and oxygen atoms in total. The first-order chi connectivity index (χ1) is 8.91. The van der Waals surface area contributed by atoms with E-state index in [1.54, 1.807) is 0 Å². The molecule has 1 fully saturated rings. The highest BCUT2D eigenvalue weighted by molar-refractivity contribution is 6.24. The fourth-order valence-electron chi connectivity index (χ4n) is 2.02. The Balaban J connectivity index is 2.62. The Morgan fingerprint density at radius 2 is 2.21 bits per heavy atom. The lowest BCUT2D eigenvalue weighted by Crippen LogP contribution is -2.27. The van der Waals surface area contributed by atoms with Crippen LogP contribution < -0.4 is 4.90 Å². The van der Waals surface area contributed by atoms with Gasteiger partial charge in [-0.3, -0.25) is 14.9 Å². The number of carboxylic acids is 1. The Kier molecular flexibility index (Phi) is 3.39. The number of carboxylic acid groups (broad SMARTS) is 1. The van der Waals surface area contributed by atoms with E-state index in [0.717, 1.165) is 11.0 Å². The summed E-state index contributed by atoms with van der Waals surface area (Å²) < 4.78 is 0. The van der Waals surface area contributed by atoms with Crippen molar-refractivity contribution in [3.8, 4) is 0 Å².